The van der Waals surface area contributed by atoms with Crippen LogP contribution < -0.4 is 0 Å². The Labute approximate surface area is 114 Å². The molecule has 3 nitrogen and oxygen atoms in total. The molecule has 1 aromatic carbocycles. The Morgan fingerprint density at radius 3 is 2.58 bits per heavy atom. The molecule has 1 aliphatic rings. The first-order valence-corrected chi connectivity index (χ1v) is 6.85. The number of benzene rings is 1. The average Bonchev–Trinajstić information content (AvgIpc) is 2.29. The summed E-state index contributed by atoms with van der Waals surface area (Å²) in [4.78, 5) is 10.8. The van der Waals surface area contributed by atoms with Crippen LogP contribution in [0.4, 0.5) is 0 Å². The molecule has 3 heteroatoms. The maximum Gasteiger partial charge on any atom is 0.303 e. The van der Waals surface area contributed by atoms with Crippen molar-refractivity contribution in [2.75, 3.05) is 13.2 Å². The first-order valence-electron chi connectivity index (χ1n) is 6.85. The molecule has 104 valence electrons. The molecule has 0 aliphatic carbocycles. The van der Waals surface area contributed by atoms with Crippen LogP contribution in [0, 0.1) is 6.92 Å². The van der Waals surface area contributed by atoms with Crippen molar-refractivity contribution in [3.05, 3.63) is 34.9 Å². The molecule has 0 bridgehead atoms. The smallest absolute Gasteiger partial charge is 0.303 e. The summed E-state index contributed by atoms with van der Waals surface area (Å²) in [5, 5.41) is 8.91. The lowest BCUT2D eigenvalue weighted by Gasteiger charge is -2.43. The Morgan fingerprint density at radius 1 is 1.42 bits per heavy atom. The van der Waals surface area contributed by atoms with Crippen molar-refractivity contribution in [2.45, 2.75) is 44.9 Å². The molecule has 0 saturated carbocycles. The lowest BCUT2D eigenvalue weighted by Crippen LogP contribution is -2.47. The standard InChI is InChI=1S/C16H22O3/c1-11(2)13-5-4-12(3)14(8-13)16(9-19-10-16)7-6-15(17)18/h4-5,8,11H,6-7,9-10H2,1-3H3,(H,17,18). The zero-order valence-electron chi connectivity index (χ0n) is 11.9. The van der Waals surface area contributed by atoms with Crippen molar-refractivity contribution in [1.82, 2.24) is 0 Å². The highest BCUT2D eigenvalue weighted by atomic mass is 16.5. The Kier molecular flexibility index (Phi) is 3.95. The summed E-state index contributed by atoms with van der Waals surface area (Å²) in [5.74, 6) is -0.249. The summed E-state index contributed by atoms with van der Waals surface area (Å²) >= 11 is 0. The normalized spacial score (nSPS) is 17.3. The van der Waals surface area contributed by atoms with Gasteiger partial charge in [-0.1, -0.05) is 32.0 Å². The molecule has 1 saturated heterocycles. The first kappa shape index (κ1) is 14.1. The lowest BCUT2D eigenvalue weighted by molar-refractivity contribution is -0.139. The molecular formula is C16H22O3. The highest BCUT2D eigenvalue weighted by Crippen LogP contribution is 2.39. The van der Waals surface area contributed by atoms with Crippen LogP contribution in [0.15, 0.2) is 18.2 Å². The van der Waals surface area contributed by atoms with E-state index in [1.807, 2.05) is 0 Å². The average molecular weight is 262 g/mol. The van der Waals surface area contributed by atoms with Crippen molar-refractivity contribution >= 4 is 5.97 Å². The van der Waals surface area contributed by atoms with Gasteiger partial charge in [0.15, 0.2) is 0 Å². The number of hydrogen-bond donors (Lipinski definition) is 1. The second-order valence-electron chi connectivity index (χ2n) is 5.90. The molecule has 0 aromatic heterocycles. The van der Waals surface area contributed by atoms with Gasteiger partial charge in [0.1, 0.15) is 0 Å². The van der Waals surface area contributed by atoms with Gasteiger partial charge in [-0.2, -0.15) is 0 Å². The molecule has 0 atom stereocenters. The number of aliphatic carboxylic acids is 1. The van der Waals surface area contributed by atoms with Gasteiger partial charge >= 0.3 is 5.97 Å². The van der Waals surface area contributed by atoms with Crippen LogP contribution in [0.25, 0.3) is 0 Å². The highest BCUT2D eigenvalue weighted by molar-refractivity contribution is 5.67. The lowest BCUT2D eigenvalue weighted by atomic mass is 9.72. The molecule has 0 unspecified atom stereocenters. The molecule has 2 rings (SSSR count). The Balaban J connectivity index is 2.31. The quantitative estimate of drug-likeness (QED) is 0.886. The second-order valence-corrected chi connectivity index (χ2v) is 5.90. The van der Waals surface area contributed by atoms with Gasteiger partial charge in [0.25, 0.3) is 0 Å². The summed E-state index contributed by atoms with van der Waals surface area (Å²) in [6, 6.07) is 6.55. The van der Waals surface area contributed by atoms with Gasteiger partial charge in [0.2, 0.25) is 0 Å². The number of ether oxygens (including phenoxy) is 1. The first-order chi connectivity index (χ1) is 8.94. The third-order valence-electron chi connectivity index (χ3n) is 4.07. The van der Waals surface area contributed by atoms with E-state index in [1.165, 1.54) is 16.7 Å². The summed E-state index contributed by atoms with van der Waals surface area (Å²) in [7, 11) is 0. The van der Waals surface area contributed by atoms with Crippen molar-refractivity contribution in [3.63, 3.8) is 0 Å². The van der Waals surface area contributed by atoms with E-state index in [1.54, 1.807) is 0 Å². The number of aryl methyl sites for hydroxylation is 1. The largest absolute Gasteiger partial charge is 0.481 e. The number of carboxylic acids is 1. The van der Waals surface area contributed by atoms with E-state index in [4.69, 9.17) is 9.84 Å². The van der Waals surface area contributed by atoms with Crippen LogP contribution in [-0.4, -0.2) is 24.3 Å². The second kappa shape index (κ2) is 5.33. The maximum atomic E-state index is 10.8. The van der Waals surface area contributed by atoms with E-state index in [0.717, 1.165) is 0 Å². The number of carboxylic acid groups (broad SMARTS) is 1. The topological polar surface area (TPSA) is 46.5 Å². The van der Waals surface area contributed by atoms with E-state index < -0.39 is 5.97 Å². The van der Waals surface area contributed by atoms with Crippen molar-refractivity contribution in [2.24, 2.45) is 0 Å². The summed E-state index contributed by atoms with van der Waals surface area (Å²) < 4.78 is 5.39. The summed E-state index contributed by atoms with van der Waals surface area (Å²) in [5.41, 5.74) is 3.72. The third-order valence-corrected chi connectivity index (χ3v) is 4.07. The van der Waals surface area contributed by atoms with Crippen LogP contribution in [0.2, 0.25) is 0 Å². The van der Waals surface area contributed by atoms with Crippen LogP contribution in [0.5, 0.6) is 0 Å². The van der Waals surface area contributed by atoms with E-state index >= 15 is 0 Å². The van der Waals surface area contributed by atoms with Gasteiger partial charge in [-0.25, -0.2) is 0 Å². The van der Waals surface area contributed by atoms with Gasteiger partial charge in [-0.3, -0.25) is 4.79 Å². The Morgan fingerprint density at radius 2 is 2.11 bits per heavy atom. The van der Waals surface area contributed by atoms with E-state index in [9.17, 15) is 4.79 Å². The van der Waals surface area contributed by atoms with Crippen molar-refractivity contribution in [1.29, 1.82) is 0 Å². The van der Waals surface area contributed by atoms with Gasteiger partial charge < -0.3 is 9.84 Å². The maximum absolute atomic E-state index is 10.8. The van der Waals surface area contributed by atoms with Crippen LogP contribution >= 0.6 is 0 Å². The Hall–Kier alpha value is -1.35. The predicted octanol–water partition coefficient (Wildman–Crippen LogP) is 3.25. The van der Waals surface area contributed by atoms with Gasteiger partial charge in [-0.05, 0) is 36.0 Å². The fourth-order valence-electron chi connectivity index (χ4n) is 2.70. The summed E-state index contributed by atoms with van der Waals surface area (Å²) in [6.45, 7) is 7.73. The third kappa shape index (κ3) is 2.81. The highest BCUT2D eigenvalue weighted by Gasteiger charge is 2.41. The number of rotatable bonds is 5. The molecule has 1 fully saturated rings. The number of hydrogen-bond acceptors (Lipinski definition) is 2. The number of carbonyl (C=O) groups is 1. The van der Waals surface area contributed by atoms with Crippen molar-refractivity contribution < 1.29 is 14.6 Å². The molecule has 1 heterocycles. The fraction of sp³-hybridized carbons (Fsp3) is 0.562. The van der Waals surface area contributed by atoms with E-state index in [-0.39, 0.29) is 11.8 Å². The molecule has 1 N–H and O–H groups in total. The minimum absolute atomic E-state index is 0.0899. The molecule has 1 aliphatic heterocycles. The van der Waals surface area contributed by atoms with Gasteiger partial charge in [0.05, 0.1) is 13.2 Å². The molecule has 0 amide bonds. The fourth-order valence-corrected chi connectivity index (χ4v) is 2.70. The van der Waals surface area contributed by atoms with Gasteiger partial charge in [-0.15, -0.1) is 0 Å². The molecule has 0 radical (unpaired) electrons. The SMILES string of the molecule is Cc1ccc(C(C)C)cc1C1(CCC(=O)O)COC1. The minimum Gasteiger partial charge on any atom is -0.481 e. The molecule has 0 spiro atoms. The molecule has 19 heavy (non-hydrogen) atoms. The van der Waals surface area contributed by atoms with Crippen LogP contribution in [0.3, 0.4) is 0 Å². The summed E-state index contributed by atoms with van der Waals surface area (Å²) in [6.07, 6.45) is 0.861. The zero-order chi connectivity index (χ0) is 14.0. The minimum atomic E-state index is -0.732. The predicted molar refractivity (Wildman–Crippen MR) is 74.6 cm³/mol. The Bertz CT molecular complexity index is 473. The van der Waals surface area contributed by atoms with E-state index in [2.05, 4.69) is 39.0 Å². The zero-order valence-corrected chi connectivity index (χ0v) is 11.9. The monoisotopic (exact) mass is 262 g/mol. The van der Waals surface area contributed by atoms with Crippen molar-refractivity contribution in [3.8, 4) is 0 Å². The van der Waals surface area contributed by atoms with Gasteiger partial charge in [0, 0.05) is 11.8 Å². The van der Waals surface area contributed by atoms with Crippen LogP contribution in [0.1, 0.15) is 49.3 Å². The van der Waals surface area contributed by atoms with E-state index in [0.29, 0.717) is 25.6 Å². The van der Waals surface area contributed by atoms with Crippen LogP contribution in [-0.2, 0) is 14.9 Å². The molecule has 1 aromatic rings. The molecular weight excluding hydrogens is 240 g/mol.